The Bertz CT molecular complexity index is 895. The zero-order chi connectivity index (χ0) is 18.7. The highest BCUT2D eigenvalue weighted by Gasteiger charge is 2.24. The molecule has 0 aromatic heterocycles. The van der Waals surface area contributed by atoms with Gasteiger partial charge in [0.05, 0.1) is 11.9 Å². The molecular formula is C20H24N2O3S. The van der Waals surface area contributed by atoms with Crippen molar-refractivity contribution in [3.05, 3.63) is 59.7 Å². The predicted molar refractivity (Wildman–Crippen MR) is 105 cm³/mol. The van der Waals surface area contributed by atoms with E-state index in [4.69, 9.17) is 0 Å². The predicted octanol–water partition coefficient (Wildman–Crippen LogP) is 3.53. The molecule has 1 amide bonds. The summed E-state index contributed by atoms with van der Waals surface area (Å²) < 4.78 is 25.3. The van der Waals surface area contributed by atoms with Crippen molar-refractivity contribution in [1.29, 1.82) is 0 Å². The van der Waals surface area contributed by atoms with Gasteiger partial charge in [0.1, 0.15) is 0 Å². The van der Waals surface area contributed by atoms with Crippen molar-refractivity contribution in [2.45, 2.75) is 32.1 Å². The molecule has 0 saturated carbocycles. The topological polar surface area (TPSA) is 66.5 Å². The summed E-state index contributed by atoms with van der Waals surface area (Å²) in [5.41, 5.74) is 3.52. The standard InChI is InChI=1S/C20H24N2O3S/c1-15(16-7-4-3-5-8-16)13-20(23)21-18-10-11-19-17(14-18)9-6-12-22(19)26(2,24)25/h3-5,7-8,10-11,14-15H,6,9,12-13H2,1-2H3,(H,21,23). The number of carbonyl (C=O) groups excluding carboxylic acids is 1. The van der Waals surface area contributed by atoms with Gasteiger partial charge in [0.15, 0.2) is 0 Å². The molecule has 5 nitrogen and oxygen atoms in total. The molecule has 6 heteroatoms. The van der Waals surface area contributed by atoms with E-state index in [-0.39, 0.29) is 11.8 Å². The van der Waals surface area contributed by atoms with Crippen molar-refractivity contribution in [3.8, 4) is 0 Å². The third kappa shape index (κ3) is 4.25. The minimum Gasteiger partial charge on any atom is -0.326 e. The summed E-state index contributed by atoms with van der Waals surface area (Å²) in [7, 11) is -3.28. The molecule has 0 fully saturated rings. The molecule has 0 saturated heterocycles. The van der Waals surface area contributed by atoms with Gasteiger partial charge in [-0.15, -0.1) is 0 Å². The summed E-state index contributed by atoms with van der Waals surface area (Å²) in [4.78, 5) is 12.4. The summed E-state index contributed by atoms with van der Waals surface area (Å²) in [6.45, 7) is 2.54. The molecule has 2 aromatic rings. The quantitative estimate of drug-likeness (QED) is 0.873. The number of nitrogens with one attached hydrogen (secondary N) is 1. The van der Waals surface area contributed by atoms with E-state index in [0.29, 0.717) is 18.7 Å². The van der Waals surface area contributed by atoms with Gasteiger partial charge >= 0.3 is 0 Å². The number of sulfonamides is 1. The fourth-order valence-corrected chi connectivity index (χ4v) is 4.37. The normalized spacial score (nSPS) is 15.2. The largest absolute Gasteiger partial charge is 0.326 e. The number of carbonyl (C=O) groups is 1. The van der Waals surface area contributed by atoms with Crippen LogP contribution in [0, 0.1) is 0 Å². The second-order valence-corrected chi connectivity index (χ2v) is 8.75. The van der Waals surface area contributed by atoms with E-state index in [0.717, 1.165) is 29.7 Å². The van der Waals surface area contributed by atoms with E-state index in [1.807, 2.05) is 43.3 Å². The molecular weight excluding hydrogens is 348 g/mol. The van der Waals surface area contributed by atoms with Crippen LogP contribution in [0.2, 0.25) is 0 Å². The molecule has 1 heterocycles. The molecule has 1 atom stereocenters. The maximum Gasteiger partial charge on any atom is 0.232 e. The molecule has 2 aromatic carbocycles. The number of hydrogen-bond donors (Lipinski definition) is 1. The van der Waals surface area contributed by atoms with Crippen LogP contribution in [-0.4, -0.2) is 27.1 Å². The molecule has 138 valence electrons. The van der Waals surface area contributed by atoms with Crippen LogP contribution < -0.4 is 9.62 Å². The highest BCUT2D eigenvalue weighted by Crippen LogP contribution is 2.31. The van der Waals surface area contributed by atoms with Gasteiger partial charge in [0, 0.05) is 18.7 Å². The van der Waals surface area contributed by atoms with Gasteiger partial charge < -0.3 is 5.32 Å². The van der Waals surface area contributed by atoms with E-state index in [1.54, 1.807) is 12.1 Å². The Kier molecular flexibility index (Phi) is 5.32. The first-order valence-electron chi connectivity index (χ1n) is 8.80. The van der Waals surface area contributed by atoms with Crippen LogP contribution in [0.3, 0.4) is 0 Å². The minimum atomic E-state index is -3.28. The molecule has 0 spiro atoms. The summed E-state index contributed by atoms with van der Waals surface area (Å²) in [6.07, 6.45) is 3.22. The lowest BCUT2D eigenvalue weighted by Gasteiger charge is -2.29. The van der Waals surface area contributed by atoms with Crippen molar-refractivity contribution < 1.29 is 13.2 Å². The fourth-order valence-electron chi connectivity index (χ4n) is 3.37. The van der Waals surface area contributed by atoms with Gasteiger partial charge in [-0.1, -0.05) is 37.3 Å². The van der Waals surface area contributed by atoms with Gasteiger partial charge in [-0.05, 0) is 48.1 Å². The van der Waals surface area contributed by atoms with Gasteiger partial charge in [0.2, 0.25) is 15.9 Å². The average molecular weight is 372 g/mol. The summed E-state index contributed by atoms with van der Waals surface area (Å²) in [5, 5.41) is 2.94. The Morgan fingerprint density at radius 2 is 1.92 bits per heavy atom. The molecule has 1 unspecified atom stereocenters. The molecule has 1 aliphatic heterocycles. The Labute approximate surface area is 155 Å². The first-order valence-corrected chi connectivity index (χ1v) is 10.6. The van der Waals surface area contributed by atoms with Crippen LogP contribution >= 0.6 is 0 Å². The monoisotopic (exact) mass is 372 g/mol. The van der Waals surface area contributed by atoms with Crippen molar-refractivity contribution in [2.24, 2.45) is 0 Å². The number of anilines is 2. The van der Waals surface area contributed by atoms with Crippen molar-refractivity contribution in [3.63, 3.8) is 0 Å². The third-order valence-electron chi connectivity index (χ3n) is 4.70. The number of aryl methyl sites for hydroxylation is 1. The Morgan fingerprint density at radius 3 is 2.62 bits per heavy atom. The molecule has 26 heavy (non-hydrogen) atoms. The first-order chi connectivity index (χ1) is 12.3. The maximum atomic E-state index is 12.4. The highest BCUT2D eigenvalue weighted by molar-refractivity contribution is 7.92. The summed E-state index contributed by atoms with van der Waals surface area (Å²) >= 11 is 0. The lowest BCUT2D eigenvalue weighted by Crippen LogP contribution is -2.34. The molecule has 0 aliphatic carbocycles. The third-order valence-corrected chi connectivity index (χ3v) is 5.88. The van der Waals surface area contributed by atoms with E-state index >= 15 is 0 Å². The second kappa shape index (κ2) is 7.50. The van der Waals surface area contributed by atoms with Crippen LogP contribution in [-0.2, 0) is 21.2 Å². The Morgan fingerprint density at radius 1 is 1.19 bits per heavy atom. The first kappa shape index (κ1) is 18.5. The van der Waals surface area contributed by atoms with Crippen LogP contribution in [0.5, 0.6) is 0 Å². The Balaban J connectivity index is 1.70. The van der Waals surface area contributed by atoms with Crippen molar-refractivity contribution in [1.82, 2.24) is 0 Å². The fraction of sp³-hybridized carbons (Fsp3) is 0.350. The van der Waals surface area contributed by atoms with Crippen LogP contribution in [0.4, 0.5) is 11.4 Å². The van der Waals surface area contributed by atoms with E-state index in [9.17, 15) is 13.2 Å². The Hall–Kier alpha value is -2.34. The zero-order valence-corrected chi connectivity index (χ0v) is 15.9. The SMILES string of the molecule is CC(CC(=O)Nc1ccc2c(c1)CCCN2S(C)(=O)=O)c1ccccc1. The van der Waals surface area contributed by atoms with Gasteiger partial charge in [-0.25, -0.2) is 8.42 Å². The minimum absolute atomic E-state index is 0.0444. The number of fused-ring (bicyclic) bond motifs is 1. The van der Waals surface area contributed by atoms with Crippen LogP contribution in [0.25, 0.3) is 0 Å². The summed E-state index contributed by atoms with van der Waals surface area (Å²) in [5.74, 6) is 0.0895. The number of nitrogens with zero attached hydrogens (tertiary/aromatic N) is 1. The molecule has 1 N–H and O–H groups in total. The van der Waals surface area contributed by atoms with Gasteiger partial charge in [0.25, 0.3) is 0 Å². The number of rotatable bonds is 5. The lowest BCUT2D eigenvalue weighted by atomic mass is 9.97. The van der Waals surface area contributed by atoms with E-state index in [2.05, 4.69) is 5.32 Å². The lowest BCUT2D eigenvalue weighted by molar-refractivity contribution is -0.116. The van der Waals surface area contributed by atoms with E-state index in [1.165, 1.54) is 10.6 Å². The average Bonchev–Trinajstić information content (AvgIpc) is 2.60. The summed E-state index contributed by atoms with van der Waals surface area (Å²) in [6, 6.07) is 15.4. The smallest absolute Gasteiger partial charge is 0.232 e. The molecule has 1 aliphatic rings. The van der Waals surface area contributed by atoms with Crippen molar-refractivity contribution >= 4 is 27.3 Å². The molecule has 0 radical (unpaired) electrons. The van der Waals surface area contributed by atoms with Crippen molar-refractivity contribution in [2.75, 3.05) is 22.4 Å². The van der Waals surface area contributed by atoms with Crippen LogP contribution in [0.15, 0.2) is 48.5 Å². The number of benzene rings is 2. The molecule has 0 bridgehead atoms. The maximum absolute atomic E-state index is 12.4. The van der Waals surface area contributed by atoms with Gasteiger partial charge in [-0.3, -0.25) is 9.10 Å². The number of amides is 1. The number of hydrogen-bond acceptors (Lipinski definition) is 3. The van der Waals surface area contributed by atoms with Gasteiger partial charge in [-0.2, -0.15) is 0 Å². The molecule has 3 rings (SSSR count). The zero-order valence-electron chi connectivity index (χ0n) is 15.1. The highest BCUT2D eigenvalue weighted by atomic mass is 32.2. The van der Waals surface area contributed by atoms with E-state index < -0.39 is 10.0 Å². The second-order valence-electron chi connectivity index (χ2n) is 6.85. The van der Waals surface area contributed by atoms with Crippen LogP contribution in [0.1, 0.15) is 36.8 Å².